The van der Waals surface area contributed by atoms with Crippen molar-refractivity contribution in [1.82, 2.24) is 0 Å². The lowest BCUT2D eigenvalue weighted by Crippen LogP contribution is -2.59. The number of phenols is 1. The van der Waals surface area contributed by atoms with E-state index in [-0.39, 0.29) is 6.07 Å². The molecule has 1 aromatic carbocycles. The lowest BCUT2D eigenvalue weighted by atomic mass is 9.92. The number of ether oxygens (including phenoxy) is 1. The van der Waals surface area contributed by atoms with Crippen molar-refractivity contribution in [3.05, 3.63) is 28.8 Å². The maximum atomic E-state index is 14.1. The summed E-state index contributed by atoms with van der Waals surface area (Å²) in [5.41, 5.74) is -4.75. The average Bonchev–Trinajstić information content (AvgIpc) is 2.52. The minimum atomic E-state index is -7.21. The Morgan fingerprint density at radius 1 is 0.926 bits per heavy atom. The SMILES string of the molecule is COC(=O)c1cc(C(C)=O)cc(C(F)(F)C(F)(F)C(F)(F)C(F)(F)F)c1O. The van der Waals surface area contributed by atoms with Gasteiger partial charge in [0, 0.05) is 5.56 Å². The fraction of sp³-hybridized carbons (Fsp3) is 0.429. The first kappa shape index (κ1) is 22.6. The number of benzene rings is 1. The molecule has 0 fully saturated rings. The number of carbonyl (C=O) groups is 2. The highest BCUT2D eigenvalue weighted by molar-refractivity contribution is 6.00. The number of alkyl halides is 9. The number of ketones is 1. The van der Waals surface area contributed by atoms with Gasteiger partial charge in [-0.1, -0.05) is 0 Å². The van der Waals surface area contributed by atoms with Crippen LogP contribution in [0.5, 0.6) is 5.75 Å². The topological polar surface area (TPSA) is 63.6 Å². The van der Waals surface area contributed by atoms with Crippen LogP contribution in [-0.2, 0) is 10.7 Å². The van der Waals surface area contributed by atoms with Crippen molar-refractivity contribution < 1.29 is 58.9 Å². The molecule has 0 bridgehead atoms. The Balaban J connectivity index is 3.84. The van der Waals surface area contributed by atoms with Crippen molar-refractivity contribution in [2.75, 3.05) is 7.11 Å². The van der Waals surface area contributed by atoms with Gasteiger partial charge < -0.3 is 9.84 Å². The summed E-state index contributed by atoms with van der Waals surface area (Å²) in [6.45, 7) is 0.692. The molecule has 0 aliphatic heterocycles. The molecule has 152 valence electrons. The molecule has 0 aromatic heterocycles. The molecule has 0 aliphatic rings. The summed E-state index contributed by atoms with van der Waals surface area (Å²) in [5, 5.41) is 9.61. The lowest BCUT2D eigenvalue weighted by Gasteiger charge is -2.34. The van der Waals surface area contributed by atoms with E-state index < -0.39 is 58.1 Å². The van der Waals surface area contributed by atoms with Crippen LogP contribution in [-0.4, -0.2) is 42.0 Å². The molecule has 0 aliphatic carbocycles. The van der Waals surface area contributed by atoms with Crippen LogP contribution in [0, 0.1) is 0 Å². The molecular weight excluding hydrogens is 403 g/mol. The second-order valence-electron chi connectivity index (χ2n) is 5.19. The van der Waals surface area contributed by atoms with Crippen LogP contribution < -0.4 is 0 Å². The van der Waals surface area contributed by atoms with Gasteiger partial charge in [-0.25, -0.2) is 4.79 Å². The molecular formula is C14H9F9O4. The molecule has 0 heterocycles. The van der Waals surface area contributed by atoms with Crippen LogP contribution in [0.4, 0.5) is 39.5 Å². The fourth-order valence-corrected chi connectivity index (χ4v) is 1.89. The number of halogens is 9. The van der Waals surface area contributed by atoms with Gasteiger partial charge in [0.1, 0.15) is 11.3 Å². The number of phenolic OH excluding ortho intramolecular Hbond substituents is 1. The summed E-state index contributed by atoms with van der Waals surface area (Å²) in [6.07, 6.45) is -7.07. The van der Waals surface area contributed by atoms with E-state index in [9.17, 15) is 54.2 Å². The van der Waals surface area contributed by atoms with E-state index >= 15 is 0 Å². The molecule has 13 heteroatoms. The summed E-state index contributed by atoms with van der Waals surface area (Å²) in [5.74, 6) is -25.5. The van der Waals surface area contributed by atoms with E-state index in [1.807, 2.05) is 0 Å². The summed E-state index contributed by atoms with van der Waals surface area (Å²) < 4.78 is 122. The van der Waals surface area contributed by atoms with Gasteiger partial charge in [0.15, 0.2) is 5.78 Å². The standard InChI is InChI=1S/C14H9F9O4/c1-5(24)6-3-7(10(26)27-2)9(25)8(4-6)11(15,16)12(17,18)13(19,20)14(21,22)23/h3-4,25H,1-2H3. The third kappa shape index (κ3) is 3.41. The van der Waals surface area contributed by atoms with E-state index in [4.69, 9.17) is 0 Å². The number of esters is 1. The van der Waals surface area contributed by atoms with Crippen molar-refractivity contribution >= 4 is 11.8 Å². The molecule has 1 N–H and O–H groups in total. The van der Waals surface area contributed by atoms with Crippen LogP contribution in [0.3, 0.4) is 0 Å². The maximum Gasteiger partial charge on any atom is 0.460 e. The van der Waals surface area contributed by atoms with Crippen LogP contribution in [0.25, 0.3) is 0 Å². The first-order valence-electron chi connectivity index (χ1n) is 6.60. The third-order valence-corrected chi connectivity index (χ3v) is 3.40. The Labute approximate surface area is 144 Å². The Hall–Kier alpha value is -2.47. The smallest absolute Gasteiger partial charge is 0.460 e. The van der Waals surface area contributed by atoms with Gasteiger partial charge in [-0.2, -0.15) is 39.5 Å². The predicted molar refractivity (Wildman–Crippen MR) is 69.3 cm³/mol. The van der Waals surface area contributed by atoms with Gasteiger partial charge in [-0.3, -0.25) is 4.79 Å². The molecule has 27 heavy (non-hydrogen) atoms. The number of hydrogen-bond acceptors (Lipinski definition) is 4. The Bertz CT molecular complexity index is 769. The van der Waals surface area contributed by atoms with Gasteiger partial charge >= 0.3 is 29.9 Å². The molecule has 0 atom stereocenters. The molecule has 0 saturated heterocycles. The van der Waals surface area contributed by atoms with Crippen LogP contribution in [0.2, 0.25) is 0 Å². The van der Waals surface area contributed by atoms with E-state index in [1.54, 1.807) is 0 Å². The normalized spacial score (nSPS) is 13.4. The van der Waals surface area contributed by atoms with E-state index in [2.05, 4.69) is 4.74 Å². The second kappa shape index (κ2) is 6.60. The molecule has 1 aromatic rings. The number of hydrogen-bond donors (Lipinski definition) is 1. The highest BCUT2D eigenvalue weighted by atomic mass is 19.4. The van der Waals surface area contributed by atoms with Gasteiger partial charge in [-0.05, 0) is 19.1 Å². The second-order valence-corrected chi connectivity index (χ2v) is 5.19. The Morgan fingerprint density at radius 3 is 1.78 bits per heavy atom. The first-order chi connectivity index (χ1) is 11.9. The molecule has 0 amide bonds. The minimum absolute atomic E-state index is 0.218. The zero-order valence-electron chi connectivity index (χ0n) is 13.2. The number of carbonyl (C=O) groups excluding carboxylic acids is 2. The van der Waals surface area contributed by atoms with E-state index in [1.165, 1.54) is 0 Å². The molecule has 1 rings (SSSR count). The van der Waals surface area contributed by atoms with Crippen LogP contribution >= 0.6 is 0 Å². The third-order valence-electron chi connectivity index (χ3n) is 3.40. The number of methoxy groups -OCH3 is 1. The van der Waals surface area contributed by atoms with Crippen molar-refractivity contribution in [3.63, 3.8) is 0 Å². The molecule has 0 radical (unpaired) electrons. The quantitative estimate of drug-likeness (QED) is 0.445. The summed E-state index contributed by atoms with van der Waals surface area (Å²) >= 11 is 0. The number of aromatic hydroxyl groups is 1. The largest absolute Gasteiger partial charge is 0.507 e. The minimum Gasteiger partial charge on any atom is -0.507 e. The molecule has 0 unspecified atom stereocenters. The summed E-state index contributed by atoms with van der Waals surface area (Å²) in [7, 11) is 0.659. The van der Waals surface area contributed by atoms with E-state index in [0.29, 0.717) is 20.1 Å². The average molecular weight is 412 g/mol. The van der Waals surface area contributed by atoms with Gasteiger partial charge in [0.05, 0.1) is 12.7 Å². The Kier molecular flexibility index (Phi) is 5.52. The van der Waals surface area contributed by atoms with Crippen molar-refractivity contribution in [2.45, 2.75) is 30.9 Å². The highest BCUT2D eigenvalue weighted by Gasteiger charge is 2.82. The van der Waals surface area contributed by atoms with Gasteiger partial charge in [0.25, 0.3) is 0 Å². The maximum absolute atomic E-state index is 14.1. The highest BCUT2D eigenvalue weighted by Crippen LogP contribution is 2.58. The van der Waals surface area contributed by atoms with Crippen molar-refractivity contribution in [1.29, 1.82) is 0 Å². The van der Waals surface area contributed by atoms with Gasteiger partial charge in [0.2, 0.25) is 0 Å². The first-order valence-corrected chi connectivity index (χ1v) is 6.60. The summed E-state index contributed by atoms with van der Waals surface area (Å²) in [4.78, 5) is 22.8. The van der Waals surface area contributed by atoms with Crippen molar-refractivity contribution in [2.24, 2.45) is 0 Å². The summed E-state index contributed by atoms with van der Waals surface area (Å²) in [6, 6.07) is 0.202. The Morgan fingerprint density at radius 2 is 1.41 bits per heavy atom. The predicted octanol–water partition coefficient (Wildman–Crippen LogP) is 4.31. The lowest BCUT2D eigenvalue weighted by molar-refractivity contribution is -0.399. The fourth-order valence-electron chi connectivity index (χ4n) is 1.89. The monoisotopic (exact) mass is 412 g/mol. The zero-order chi connectivity index (χ0) is 21.6. The van der Waals surface area contributed by atoms with Crippen LogP contribution in [0.1, 0.15) is 33.2 Å². The molecule has 0 saturated carbocycles. The van der Waals surface area contributed by atoms with Crippen molar-refractivity contribution in [3.8, 4) is 5.75 Å². The van der Waals surface area contributed by atoms with Gasteiger partial charge in [-0.15, -0.1) is 0 Å². The zero-order valence-corrected chi connectivity index (χ0v) is 13.2. The number of Topliss-reactive ketones (excluding diaryl/α,β-unsaturated/α-hetero) is 1. The molecule has 4 nitrogen and oxygen atoms in total. The van der Waals surface area contributed by atoms with Crippen LogP contribution in [0.15, 0.2) is 12.1 Å². The number of rotatable bonds is 5. The molecule has 0 spiro atoms. The van der Waals surface area contributed by atoms with E-state index in [0.717, 1.165) is 0 Å².